The van der Waals surface area contributed by atoms with Crippen LogP contribution in [0.15, 0.2) is 34.8 Å². The Morgan fingerprint density at radius 3 is 2.12 bits per heavy atom. The van der Waals surface area contributed by atoms with Crippen LogP contribution in [-0.2, 0) is 6.18 Å². The molecule has 0 amide bonds. The van der Waals surface area contributed by atoms with Gasteiger partial charge in [-0.1, -0.05) is 6.07 Å². The average Bonchev–Trinajstić information content (AvgIpc) is 3.05. The van der Waals surface area contributed by atoms with Crippen molar-refractivity contribution < 1.29 is 26.7 Å². The van der Waals surface area contributed by atoms with Crippen LogP contribution < -0.4 is 9.64 Å². The Bertz CT molecular complexity index is 764. The Morgan fingerprint density at radius 2 is 1.56 bits per heavy atom. The summed E-state index contributed by atoms with van der Waals surface area (Å²) in [5.74, 6) is -3.51. The molecule has 0 atom stereocenters. The first-order valence-electron chi connectivity index (χ1n) is 7.55. The van der Waals surface area contributed by atoms with Crippen molar-refractivity contribution in [3.8, 4) is 11.5 Å². The summed E-state index contributed by atoms with van der Waals surface area (Å²) in [5, 5.41) is 0. The first-order valence-corrected chi connectivity index (χ1v) is 8.34. The minimum atomic E-state index is -4.84. The molecule has 3 rings (SSSR count). The summed E-state index contributed by atoms with van der Waals surface area (Å²) in [4.78, 5) is 2.00. The Hall–Kier alpha value is -1.83. The van der Waals surface area contributed by atoms with Crippen molar-refractivity contribution in [3.63, 3.8) is 0 Å². The highest BCUT2D eigenvalue weighted by Gasteiger charge is 2.33. The molecule has 0 unspecified atom stereocenters. The molecule has 1 heterocycles. The van der Waals surface area contributed by atoms with Gasteiger partial charge in [0.25, 0.3) is 0 Å². The predicted octanol–water partition coefficient (Wildman–Crippen LogP) is 6.14. The molecule has 1 aliphatic heterocycles. The van der Waals surface area contributed by atoms with Gasteiger partial charge in [0, 0.05) is 13.1 Å². The van der Waals surface area contributed by atoms with E-state index in [9.17, 15) is 22.0 Å². The zero-order valence-corrected chi connectivity index (χ0v) is 14.4. The van der Waals surface area contributed by atoms with E-state index < -0.39 is 29.1 Å². The number of rotatable bonds is 3. The van der Waals surface area contributed by atoms with E-state index in [0.717, 1.165) is 25.9 Å². The molecular weight excluding hydrogens is 409 g/mol. The van der Waals surface area contributed by atoms with Gasteiger partial charge >= 0.3 is 6.18 Å². The molecule has 0 N–H and O–H groups in total. The van der Waals surface area contributed by atoms with E-state index in [2.05, 4.69) is 15.9 Å². The Morgan fingerprint density at radius 1 is 0.960 bits per heavy atom. The topological polar surface area (TPSA) is 12.5 Å². The minimum Gasteiger partial charge on any atom is -0.448 e. The Labute approximate surface area is 149 Å². The third-order valence-corrected chi connectivity index (χ3v) is 4.55. The smallest absolute Gasteiger partial charge is 0.416 e. The van der Waals surface area contributed by atoms with E-state index in [1.165, 1.54) is 0 Å². The lowest BCUT2D eigenvalue weighted by Gasteiger charge is -2.22. The van der Waals surface area contributed by atoms with E-state index >= 15 is 0 Å². The van der Waals surface area contributed by atoms with Gasteiger partial charge in [-0.15, -0.1) is 0 Å². The maximum absolute atomic E-state index is 14.1. The number of anilines is 1. The van der Waals surface area contributed by atoms with Crippen molar-refractivity contribution in [2.75, 3.05) is 18.0 Å². The summed E-state index contributed by atoms with van der Waals surface area (Å²) in [7, 11) is 0. The number of hydrogen-bond acceptors (Lipinski definition) is 2. The summed E-state index contributed by atoms with van der Waals surface area (Å²) in [6.45, 7) is 1.54. The molecule has 1 aliphatic rings. The van der Waals surface area contributed by atoms with Crippen molar-refractivity contribution in [1.29, 1.82) is 0 Å². The normalized spacial score (nSPS) is 14.9. The first-order chi connectivity index (χ1) is 11.8. The zero-order valence-electron chi connectivity index (χ0n) is 12.8. The first kappa shape index (κ1) is 18.0. The predicted molar refractivity (Wildman–Crippen MR) is 87.0 cm³/mol. The highest BCUT2D eigenvalue weighted by atomic mass is 79.9. The molecule has 25 heavy (non-hydrogen) atoms. The van der Waals surface area contributed by atoms with Crippen LogP contribution in [0.5, 0.6) is 11.5 Å². The van der Waals surface area contributed by atoms with Gasteiger partial charge in [0.1, 0.15) is 0 Å². The lowest BCUT2D eigenvalue weighted by molar-refractivity contribution is -0.138. The van der Waals surface area contributed by atoms with Crippen molar-refractivity contribution in [2.45, 2.75) is 19.0 Å². The maximum Gasteiger partial charge on any atom is 0.416 e. The third-order valence-electron chi connectivity index (χ3n) is 3.92. The summed E-state index contributed by atoms with van der Waals surface area (Å²) in [5.41, 5.74) is -0.771. The molecule has 0 saturated carbocycles. The second-order valence-corrected chi connectivity index (χ2v) is 6.51. The average molecular weight is 422 g/mol. The van der Waals surface area contributed by atoms with Crippen LogP contribution in [0.2, 0.25) is 0 Å². The van der Waals surface area contributed by atoms with Crippen LogP contribution in [0, 0.1) is 11.6 Å². The molecule has 1 saturated heterocycles. The van der Waals surface area contributed by atoms with Crippen molar-refractivity contribution in [3.05, 3.63) is 52.0 Å². The molecule has 2 nitrogen and oxygen atoms in total. The van der Waals surface area contributed by atoms with Gasteiger partial charge in [0.2, 0.25) is 0 Å². The molecule has 0 spiro atoms. The largest absolute Gasteiger partial charge is 0.448 e. The van der Waals surface area contributed by atoms with E-state index in [0.29, 0.717) is 10.2 Å². The highest BCUT2D eigenvalue weighted by molar-refractivity contribution is 9.10. The standard InChI is InChI=1S/C17H13BrF5NO/c18-11-4-3-5-14(24-6-1-2-7-24)15(11)25-16-12(19)8-10(9-13(16)20)17(21,22)23/h3-5,8-9H,1-2,6-7H2. The molecule has 1 fully saturated rings. The summed E-state index contributed by atoms with van der Waals surface area (Å²) in [6.07, 6.45) is -2.88. The molecule has 2 aromatic rings. The maximum atomic E-state index is 14.1. The molecule has 2 aromatic carbocycles. The van der Waals surface area contributed by atoms with E-state index in [1.54, 1.807) is 18.2 Å². The van der Waals surface area contributed by atoms with Gasteiger partial charge in [-0.3, -0.25) is 0 Å². The fourth-order valence-corrected chi connectivity index (χ4v) is 3.17. The molecule has 8 heteroatoms. The van der Waals surface area contributed by atoms with Crippen LogP contribution in [0.3, 0.4) is 0 Å². The molecule has 0 radical (unpaired) electrons. The number of nitrogens with zero attached hydrogens (tertiary/aromatic N) is 1. The SMILES string of the molecule is Fc1cc(C(F)(F)F)cc(F)c1Oc1c(Br)cccc1N1CCCC1. The fourth-order valence-electron chi connectivity index (χ4n) is 2.73. The number of alkyl halides is 3. The van der Waals surface area contributed by atoms with Crippen LogP contribution >= 0.6 is 15.9 Å². The zero-order chi connectivity index (χ0) is 18.2. The van der Waals surface area contributed by atoms with Gasteiger partial charge in [0.15, 0.2) is 23.1 Å². The summed E-state index contributed by atoms with van der Waals surface area (Å²) in [6, 6.07) is 5.58. The second-order valence-electron chi connectivity index (χ2n) is 5.65. The fraction of sp³-hybridized carbons (Fsp3) is 0.294. The number of ether oxygens (including phenoxy) is 1. The number of para-hydroxylation sites is 1. The van der Waals surface area contributed by atoms with Crippen LogP contribution in [0.4, 0.5) is 27.6 Å². The van der Waals surface area contributed by atoms with Crippen molar-refractivity contribution >= 4 is 21.6 Å². The van der Waals surface area contributed by atoms with E-state index in [-0.39, 0.29) is 17.9 Å². The van der Waals surface area contributed by atoms with E-state index in [1.807, 2.05) is 4.90 Å². The number of hydrogen-bond donors (Lipinski definition) is 0. The molecule has 0 aromatic heterocycles. The molecule has 134 valence electrons. The molecule has 0 aliphatic carbocycles. The second kappa shape index (κ2) is 6.82. The van der Waals surface area contributed by atoms with Crippen molar-refractivity contribution in [1.82, 2.24) is 0 Å². The van der Waals surface area contributed by atoms with Gasteiger partial charge < -0.3 is 9.64 Å². The molecule has 0 bridgehead atoms. The van der Waals surface area contributed by atoms with Gasteiger partial charge in [-0.2, -0.15) is 13.2 Å². The van der Waals surface area contributed by atoms with Crippen LogP contribution in [0.25, 0.3) is 0 Å². The summed E-state index contributed by atoms with van der Waals surface area (Å²) < 4.78 is 71.9. The van der Waals surface area contributed by atoms with Gasteiger partial charge in [-0.05, 0) is 53.0 Å². The van der Waals surface area contributed by atoms with Gasteiger partial charge in [-0.25, -0.2) is 8.78 Å². The number of benzene rings is 2. The third kappa shape index (κ3) is 3.73. The molecular formula is C17H13BrF5NO. The lowest BCUT2D eigenvalue weighted by Crippen LogP contribution is -2.18. The van der Waals surface area contributed by atoms with Crippen LogP contribution in [0.1, 0.15) is 18.4 Å². The number of halogens is 6. The van der Waals surface area contributed by atoms with Crippen molar-refractivity contribution in [2.24, 2.45) is 0 Å². The summed E-state index contributed by atoms with van der Waals surface area (Å²) >= 11 is 3.27. The quantitative estimate of drug-likeness (QED) is 0.552. The Kier molecular flexibility index (Phi) is 4.90. The van der Waals surface area contributed by atoms with Gasteiger partial charge in [0.05, 0.1) is 15.7 Å². The monoisotopic (exact) mass is 421 g/mol. The lowest BCUT2D eigenvalue weighted by atomic mass is 10.2. The van der Waals surface area contributed by atoms with E-state index in [4.69, 9.17) is 4.74 Å². The highest BCUT2D eigenvalue weighted by Crippen LogP contribution is 2.42. The Balaban J connectivity index is 2.01. The van der Waals surface area contributed by atoms with Crippen LogP contribution in [-0.4, -0.2) is 13.1 Å². The minimum absolute atomic E-state index is 0.168.